The molecule has 0 unspecified atom stereocenters. The van der Waals surface area contributed by atoms with Gasteiger partial charge in [-0.25, -0.2) is 0 Å². The lowest BCUT2D eigenvalue weighted by Gasteiger charge is -2.32. The third-order valence-electron chi connectivity index (χ3n) is 3.48. The van der Waals surface area contributed by atoms with E-state index in [0.717, 1.165) is 25.0 Å². The molecule has 110 valence electrons. The number of nitrogens with one attached hydrogen (secondary N) is 1. The summed E-state index contributed by atoms with van der Waals surface area (Å²) in [6.07, 6.45) is 4.21. The van der Waals surface area contributed by atoms with E-state index < -0.39 is 6.04 Å². The van der Waals surface area contributed by atoms with E-state index in [0.29, 0.717) is 19.6 Å². The Hall–Kier alpha value is -0.750. The van der Waals surface area contributed by atoms with Crippen LogP contribution < -0.4 is 11.1 Å². The highest BCUT2D eigenvalue weighted by atomic mass is 32.2. The molecule has 1 heterocycles. The highest BCUT2D eigenvalue weighted by Crippen LogP contribution is 2.18. The fourth-order valence-corrected chi connectivity index (χ4v) is 2.77. The molecule has 0 spiro atoms. The van der Waals surface area contributed by atoms with Crippen LogP contribution in [0.5, 0.6) is 0 Å². The van der Waals surface area contributed by atoms with Crippen LogP contribution in [0.25, 0.3) is 0 Å². The van der Waals surface area contributed by atoms with Crippen molar-refractivity contribution in [2.75, 3.05) is 31.6 Å². The molecular weight excluding hydrogens is 262 g/mol. The maximum Gasteiger partial charge on any atom is 0.239 e. The summed E-state index contributed by atoms with van der Waals surface area (Å²) in [4.78, 5) is 25.6. The molecule has 0 aliphatic carbocycles. The van der Waals surface area contributed by atoms with Crippen LogP contribution in [0.1, 0.15) is 26.2 Å². The molecule has 1 atom stereocenters. The molecule has 5 nitrogen and oxygen atoms in total. The second-order valence-electron chi connectivity index (χ2n) is 4.88. The van der Waals surface area contributed by atoms with Crippen LogP contribution in [0.3, 0.4) is 0 Å². The van der Waals surface area contributed by atoms with Gasteiger partial charge in [-0.15, -0.1) is 0 Å². The second kappa shape index (κ2) is 8.43. The first kappa shape index (κ1) is 16.3. The van der Waals surface area contributed by atoms with Gasteiger partial charge in [0.05, 0.1) is 6.04 Å². The fourth-order valence-electron chi connectivity index (χ4n) is 2.28. The average Bonchev–Trinajstić information content (AvgIpc) is 2.44. The number of thioether (sulfide) groups is 1. The Morgan fingerprint density at radius 2 is 2.05 bits per heavy atom. The smallest absolute Gasteiger partial charge is 0.239 e. The topological polar surface area (TPSA) is 75.4 Å². The SMILES string of the molecule is CCNC(=O)C1CCN(C(=O)[C@H](N)CCSC)CC1. The van der Waals surface area contributed by atoms with Crippen molar-refractivity contribution in [3.8, 4) is 0 Å². The summed E-state index contributed by atoms with van der Waals surface area (Å²) >= 11 is 1.70. The van der Waals surface area contributed by atoms with Gasteiger partial charge in [0, 0.05) is 25.6 Å². The number of carbonyl (C=O) groups is 2. The number of hydrogen-bond donors (Lipinski definition) is 2. The lowest BCUT2D eigenvalue weighted by molar-refractivity contribution is -0.136. The molecule has 0 aromatic heterocycles. The van der Waals surface area contributed by atoms with Crippen LogP contribution in [-0.4, -0.2) is 54.4 Å². The first-order chi connectivity index (χ1) is 9.10. The lowest BCUT2D eigenvalue weighted by atomic mass is 9.95. The second-order valence-corrected chi connectivity index (χ2v) is 5.87. The lowest BCUT2D eigenvalue weighted by Crippen LogP contribution is -2.49. The summed E-state index contributed by atoms with van der Waals surface area (Å²) in [6.45, 7) is 3.88. The Kier molecular flexibility index (Phi) is 7.23. The largest absolute Gasteiger partial charge is 0.356 e. The number of piperidine rings is 1. The van der Waals surface area contributed by atoms with Gasteiger partial charge in [-0.3, -0.25) is 9.59 Å². The zero-order chi connectivity index (χ0) is 14.3. The maximum absolute atomic E-state index is 12.1. The predicted octanol–water partition coefficient (Wildman–Crippen LogP) is 0.442. The Morgan fingerprint density at radius 1 is 1.42 bits per heavy atom. The van der Waals surface area contributed by atoms with Gasteiger partial charge in [-0.1, -0.05) is 0 Å². The van der Waals surface area contributed by atoms with Crippen LogP contribution in [0.15, 0.2) is 0 Å². The Labute approximate surface area is 119 Å². The van der Waals surface area contributed by atoms with Crippen molar-refractivity contribution in [1.82, 2.24) is 10.2 Å². The number of nitrogens with zero attached hydrogens (tertiary/aromatic N) is 1. The minimum atomic E-state index is -0.395. The zero-order valence-electron chi connectivity index (χ0n) is 11.9. The highest BCUT2D eigenvalue weighted by molar-refractivity contribution is 7.98. The number of rotatable bonds is 6. The first-order valence-corrected chi connectivity index (χ1v) is 8.30. The van der Waals surface area contributed by atoms with Gasteiger partial charge in [0.1, 0.15) is 0 Å². The molecule has 0 aromatic carbocycles. The van der Waals surface area contributed by atoms with E-state index in [4.69, 9.17) is 5.73 Å². The van der Waals surface area contributed by atoms with E-state index in [2.05, 4.69) is 5.32 Å². The Bertz CT molecular complexity index is 304. The van der Waals surface area contributed by atoms with Crippen molar-refractivity contribution in [3.05, 3.63) is 0 Å². The molecule has 0 aromatic rings. The number of hydrogen-bond acceptors (Lipinski definition) is 4. The monoisotopic (exact) mass is 287 g/mol. The molecule has 0 saturated carbocycles. The van der Waals surface area contributed by atoms with Crippen molar-refractivity contribution in [3.63, 3.8) is 0 Å². The van der Waals surface area contributed by atoms with Crippen molar-refractivity contribution >= 4 is 23.6 Å². The predicted molar refractivity (Wildman–Crippen MR) is 79.0 cm³/mol. The molecule has 3 N–H and O–H groups in total. The summed E-state index contributed by atoms with van der Waals surface area (Å²) in [5.74, 6) is 1.10. The molecule has 1 aliphatic heterocycles. The summed E-state index contributed by atoms with van der Waals surface area (Å²) in [5.41, 5.74) is 5.89. The van der Waals surface area contributed by atoms with Gasteiger partial charge in [-0.2, -0.15) is 11.8 Å². The van der Waals surface area contributed by atoms with E-state index in [-0.39, 0.29) is 17.7 Å². The van der Waals surface area contributed by atoms with E-state index >= 15 is 0 Å². The molecule has 1 fully saturated rings. The first-order valence-electron chi connectivity index (χ1n) is 6.91. The van der Waals surface area contributed by atoms with E-state index in [1.165, 1.54) is 0 Å². The Balaban J connectivity index is 2.36. The Morgan fingerprint density at radius 3 is 2.58 bits per heavy atom. The van der Waals surface area contributed by atoms with Crippen molar-refractivity contribution in [2.45, 2.75) is 32.2 Å². The molecule has 2 amide bonds. The van der Waals surface area contributed by atoms with Crippen molar-refractivity contribution in [1.29, 1.82) is 0 Å². The minimum absolute atomic E-state index is 0.0309. The highest BCUT2D eigenvalue weighted by Gasteiger charge is 2.28. The van der Waals surface area contributed by atoms with Gasteiger partial charge >= 0.3 is 0 Å². The normalized spacial score (nSPS) is 18.2. The summed E-state index contributed by atoms with van der Waals surface area (Å²) in [5, 5.41) is 2.84. The van der Waals surface area contributed by atoms with E-state index in [1.807, 2.05) is 13.2 Å². The maximum atomic E-state index is 12.1. The molecule has 0 bridgehead atoms. The number of amides is 2. The van der Waals surface area contributed by atoms with Gasteiger partial charge in [-0.05, 0) is 38.2 Å². The third kappa shape index (κ3) is 5.03. The summed E-state index contributed by atoms with van der Waals surface area (Å²) < 4.78 is 0. The molecule has 1 rings (SSSR count). The van der Waals surface area contributed by atoms with E-state index in [1.54, 1.807) is 16.7 Å². The third-order valence-corrected chi connectivity index (χ3v) is 4.12. The molecule has 6 heteroatoms. The number of likely N-dealkylation sites (tertiary alicyclic amines) is 1. The zero-order valence-corrected chi connectivity index (χ0v) is 12.7. The average molecular weight is 287 g/mol. The molecular formula is C13H25N3O2S. The molecule has 1 saturated heterocycles. The van der Waals surface area contributed by atoms with Crippen LogP contribution in [0, 0.1) is 5.92 Å². The van der Waals surface area contributed by atoms with E-state index in [9.17, 15) is 9.59 Å². The molecule has 0 radical (unpaired) electrons. The minimum Gasteiger partial charge on any atom is -0.356 e. The fraction of sp³-hybridized carbons (Fsp3) is 0.846. The van der Waals surface area contributed by atoms with Crippen molar-refractivity contribution in [2.24, 2.45) is 11.7 Å². The summed E-state index contributed by atoms with van der Waals surface area (Å²) in [6, 6.07) is -0.395. The van der Waals surface area contributed by atoms with Gasteiger partial charge in [0.25, 0.3) is 0 Å². The number of nitrogens with two attached hydrogens (primary N) is 1. The van der Waals surface area contributed by atoms with Crippen molar-refractivity contribution < 1.29 is 9.59 Å². The van der Waals surface area contributed by atoms with Gasteiger partial charge in [0.2, 0.25) is 11.8 Å². The van der Waals surface area contributed by atoms with Gasteiger partial charge in [0.15, 0.2) is 0 Å². The quantitative estimate of drug-likeness (QED) is 0.743. The van der Waals surface area contributed by atoms with Crippen LogP contribution in [-0.2, 0) is 9.59 Å². The summed E-state index contributed by atoms with van der Waals surface area (Å²) in [7, 11) is 0. The number of carbonyl (C=O) groups excluding carboxylic acids is 2. The van der Waals surface area contributed by atoms with Crippen LogP contribution in [0.2, 0.25) is 0 Å². The molecule has 1 aliphatic rings. The standard InChI is InChI=1S/C13H25N3O2S/c1-3-15-12(17)10-4-7-16(8-5-10)13(18)11(14)6-9-19-2/h10-11H,3-9,14H2,1-2H3,(H,15,17)/t11-/m1/s1. The van der Waals surface area contributed by atoms with Gasteiger partial charge < -0.3 is 16.0 Å². The van der Waals surface area contributed by atoms with Crippen LogP contribution >= 0.6 is 11.8 Å². The molecule has 19 heavy (non-hydrogen) atoms. The van der Waals surface area contributed by atoms with Crippen LogP contribution in [0.4, 0.5) is 0 Å².